The van der Waals surface area contributed by atoms with E-state index >= 15 is 0 Å². The number of nitrogens with zero attached hydrogens (tertiary/aromatic N) is 2. The van der Waals surface area contributed by atoms with E-state index < -0.39 is 23.8 Å². The molecule has 3 amide bonds. The molecule has 0 aromatic heterocycles. The monoisotopic (exact) mass is 286 g/mol. The number of urea groups is 1. The number of rotatable bonds is 2. The largest absolute Gasteiger partial charge is 0.478 e. The maximum atomic E-state index is 12.5. The van der Waals surface area contributed by atoms with Gasteiger partial charge in [0.05, 0.1) is 11.3 Å². The van der Waals surface area contributed by atoms with E-state index in [-0.39, 0.29) is 17.2 Å². The minimum atomic E-state index is -1.27. The van der Waals surface area contributed by atoms with E-state index in [2.05, 4.69) is 4.99 Å². The highest BCUT2D eigenvalue weighted by atomic mass is 16.5. The number of carboxylic acid groups (broad SMARTS) is 1. The highest BCUT2D eigenvalue weighted by Gasteiger charge is 2.48. The van der Waals surface area contributed by atoms with E-state index in [1.54, 1.807) is 30.3 Å². The Labute approximate surface area is 119 Å². The second kappa shape index (κ2) is 4.55. The highest BCUT2D eigenvalue weighted by Crippen LogP contribution is 2.34. The van der Waals surface area contributed by atoms with Gasteiger partial charge in [0, 0.05) is 0 Å². The molecule has 0 radical (unpaired) electrons. The molecule has 0 spiro atoms. The van der Waals surface area contributed by atoms with Gasteiger partial charge in [0.2, 0.25) is 5.90 Å². The Morgan fingerprint density at radius 2 is 1.95 bits per heavy atom. The van der Waals surface area contributed by atoms with Crippen molar-refractivity contribution in [2.75, 3.05) is 4.90 Å². The fourth-order valence-electron chi connectivity index (χ4n) is 2.37. The molecule has 0 saturated heterocycles. The van der Waals surface area contributed by atoms with Crippen molar-refractivity contribution < 1.29 is 24.2 Å². The van der Waals surface area contributed by atoms with Crippen LogP contribution in [0.25, 0.3) is 0 Å². The second-order valence-corrected chi connectivity index (χ2v) is 4.55. The number of aliphatic carboxylic acids is 1. The zero-order valence-electron chi connectivity index (χ0n) is 10.9. The molecule has 21 heavy (non-hydrogen) atoms. The molecule has 0 fully saturated rings. The molecule has 1 N–H and O–H groups in total. The number of para-hydroxylation sites is 1. The standard InChI is InChI=1S/C14H10N2O5/c1-7-9(13(18)19)10-11(21-7)15-14(20)16(12(10)17)8-5-3-2-4-6-8/h2-6,10H,1H3,(H,18,19). The third-order valence-corrected chi connectivity index (χ3v) is 3.28. The summed E-state index contributed by atoms with van der Waals surface area (Å²) in [5, 5.41) is 9.21. The van der Waals surface area contributed by atoms with Crippen molar-refractivity contribution in [1.29, 1.82) is 0 Å². The van der Waals surface area contributed by atoms with Crippen LogP contribution in [0.1, 0.15) is 6.92 Å². The van der Waals surface area contributed by atoms with Gasteiger partial charge in [0.1, 0.15) is 5.76 Å². The molecular weight excluding hydrogens is 276 g/mol. The fraction of sp³-hybridized carbons (Fsp3) is 0.143. The van der Waals surface area contributed by atoms with Gasteiger partial charge < -0.3 is 9.84 Å². The summed E-state index contributed by atoms with van der Waals surface area (Å²) in [5.74, 6) is -3.22. The van der Waals surface area contributed by atoms with E-state index in [0.29, 0.717) is 5.69 Å². The van der Waals surface area contributed by atoms with Crippen LogP contribution in [0, 0.1) is 5.92 Å². The first-order valence-electron chi connectivity index (χ1n) is 6.14. The van der Waals surface area contributed by atoms with Crippen molar-refractivity contribution in [2.45, 2.75) is 6.92 Å². The average molecular weight is 286 g/mol. The predicted molar refractivity (Wildman–Crippen MR) is 71.7 cm³/mol. The number of anilines is 1. The molecule has 2 aliphatic heterocycles. The molecule has 1 unspecified atom stereocenters. The highest BCUT2D eigenvalue weighted by molar-refractivity contribution is 6.29. The van der Waals surface area contributed by atoms with Gasteiger partial charge in [-0.2, -0.15) is 4.99 Å². The van der Waals surface area contributed by atoms with Crippen LogP contribution in [-0.4, -0.2) is 28.9 Å². The van der Waals surface area contributed by atoms with Gasteiger partial charge in [-0.25, -0.2) is 14.5 Å². The van der Waals surface area contributed by atoms with Crippen molar-refractivity contribution >= 4 is 29.5 Å². The third-order valence-electron chi connectivity index (χ3n) is 3.28. The molecule has 106 valence electrons. The van der Waals surface area contributed by atoms with Gasteiger partial charge >= 0.3 is 12.0 Å². The summed E-state index contributed by atoms with van der Waals surface area (Å²) in [7, 11) is 0. The summed E-state index contributed by atoms with van der Waals surface area (Å²) >= 11 is 0. The lowest BCUT2D eigenvalue weighted by atomic mass is 9.97. The fourth-order valence-corrected chi connectivity index (χ4v) is 2.37. The van der Waals surface area contributed by atoms with E-state index in [1.165, 1.54) is 6.92 Å². The van der Waals surface area contributed by atoms with E-state index in [4.69, 9.17) is 4.74 Å². The number of hydrogen-bond donors (Lipinski definition) is 1. The van der Waals surface area contributed by atoms with Crippen LogP contribution in [0.5, 0.6) is 0 Å². The SMILES string of the molecule is CC1=C(C(=O)O)C2C(=O)N(c3ccccc3)C(=O)N=C2O1. The first kappa shape index (κ1) is 13.0. The lowest BCUT2D eigenvalue weighted by Gasteiger charge is -2.25. The first-order valence-corrected chi connectivity index (χ1v) is 6.14. The molecule has 1 aromatic carbocycles. The zero-order chi connectivity index (χ0) is 15.1. The molecule has 7 heteroatoms. The predicted octanol–water partition coefficient (Wildman–Crippen LogP) is 1.56. The Hall–Kier alpha value is -2.96. The van der Waals surface area contributed by atoms with Crippen molar-refractivity contribution in [3.8, 4) is 0 Å². The number of benzene rings is 1. The number of imide groups is 1. The molecule has 1 aromatic rings. The summed E-state index contributed by atoms with van der Waals surface area (Å²) in [6.45, 7) is 1.43. The summed E-state index contributed by atoms with van der Waals surface area (Å²) < 4.78 is 5.14. The number of ether oxygens (including phenoxy) is 1. The summed E-state index contributed by atoms with van der Waals surface area (Å²) in [5.41, 5.74) is 0.150. The second-order valence-electron chi connectivity index (χ2n) is 4.55. The zero-order valence-corrected chi connectivity index (χ0v) is 10.9. The van der Waals surface area contributed by atoms with Crippen LogP contribution in [0.4, 0.5) is 10.5 Å². The Bertz CT molecular complexity index is 720. The quantitative estimate of drug-likeness (QED) is 0.889. The molecule has 7 nitrogen and oxygen atoms in total. The minimum Gasteiger partial charge on any atom is -0.478 e. The van der Waals surface area contributed by atoms with Gasteiger partial charge in [-0.3, -0.25) is 4.79 Å². The molecule has 0 saturated carbocycles. The molecule has 1 atom stereocenters. The van der Waals surface area contributed by atoms with Crippen molar-refractivity contribution in [2.24, 2.45) is 10.9 Å². The average Bonchev–Trinajstić information content (AvgIpc) is 2.76. The maximum Gasteiger partial charge on any atom is 0.357 e. The number of hydrogen-bond acceptors (Lipinski definition) is 4. The maximum absolute atomic E-state index is 12.5. The molecule has 3 rings (SSSR count). The summed E-state index contributed by atoms with van der Waals surface area (Å²) in [4.78, 5) is 40.4. The van der Waals surface area contributed by atoms with E-state index in [0.717, 1.165) is 4.90 Å². The Kier molecular flexibility index (Phi) is 2.83. The van der Waals surface area contributed by atoms with Gasteiger partial charge in [-0.05, 0) is 19.1 Å². The number of allylic oxidation sites excluding steroid dienone is 1. The van der Waals surface area contributed by atoms with Crippen LogP contribution in [0.15, 0.2) is 46.7 Å². The Balaban J connectivity index is 2.09. The molecule has 2 heterocycles. The van der Waals surface area contributed by atoms with Crippen molar-refractivity contribution in [3.05, 3.63) is 41.7 Å². The number of aliphatic imine (C=N–C) groups is 1. The van der Waals surface area contributed by atoms with Gasteiger partial charge in [-0.15, -0.1) is 0 Å². The number of carbonyl (C=O) groups excluding carboxylic acids is 2. The summed E-state index contributed by atoms with van der Waals surface area (Å²) in [6, 6.07) is 7.42. The topological polar surface area (TPSA) is 96.3 Å². The molecule has 2 aliphatic rings. The number of carbonyl (C=O) groups is 3. The van der Waals surface area contributed by atoms with Crippen LogP contribution in [0.3, 0.4) is 0 Å². The van der Waals surface area contributed by atoms with Crippen LogP contribution in [0.2, 0.25) is 0 Å². The molecular formula is C14H10N2O5. The van der Waals surface area contributed by atoms with Crippen LogP contribution in [-0.2, 0) is 14.3 Å². The third kappa shape index (κ3) is 1.90. The minimum absolute atomic E-state index is 0.0716. The smallest absolute Gasteiger partial charge is 0.357 e. The van der Waals surface area contributed by atoms with Gasteiger partial charge in [0.25, 0.3) is 5.91 Å². The first-order chi connectivity index (χ1) is 10.0. The lowest BCUT2D eigenvalue weighted by molar-refractivity contribution is -0.134. The Morgan fingerprint density at radius 1 is 1.29 bits per heavy atom. The van der Waals surface area contributed by atoms with E-state index in [9.17, 15) is 19.5 Å². The number of carboxylic acids is 1. The Morgan fingerprint density at radius 3 is 2.57 bits per heavy atom. The van der Waals surface area contributed by atoms with Gasteiger partial charge in [0.15, 0.2) is 5.92 Å². The molecule has 0 aliphatic carbocycles. The van der Waals surface area contributed by atoms with Crippen LogP contribution >= 0.6 is 0 Å². The van der Waals surface area contributed by atoms with E-state index in [1.807, 2.05) is 0 Å². The lowest BCUT2D eigenvalue weighted by Crippen LogP contribution is -2.47. The van der Waals surface area contributed by atoms with Crippen molar-refractivity contribution in [3.63, 3.8) is 0 Å². The number of fused-ring (bicyclic) bond motifs is 1. The molecule has 0 bridgehead atoms. The normalized spacial score (nSPS) is 21.1. The van der Waals surface area contributed by atoms with Crippen molar-refractivity contribution in [1.82, 2.24) is 0 Å². The van der Waals surface area contributed by atoms with Gasteiger partial charge in [-0.1, -0.05) is 18.2 Å². The van der Waals surface area contributed by atoms with Crippen LogP contribution < -0.4 is 4.90 Å². The number of amides is 3. The summed E-state index contributed by atoms with van der Waals surface area (Å²) in [6.07, 6.45) is 0.